The van der Waals surface area contributed by atoms with Crippen LogP contribution in [0.3, 0.4) is 0 Å². The number of hydrogen-bond acceptors (Lipinski definition) is 6. The summed E-state index contributed by atoms with van der Waals surface area (Å²) >= 11 is 1.49. The number of anilines is 1. The highest BCUT2D eigenvalue weighted by Crippen LogP contribution is 2.40. The Morgan fingerprint density at radius 3 is 2.64 bits per heavy atom. The Morgan fingerprint density at radius 2 is 1.96 bits per heavy atom. The topological polar surface area (TPSA) is 65.3 Å². The highest BCUT2D eigenvalue weighted by molar-refractivity contribution is 7.22. The number of morpholine rings is 1. The van der Waals surface area contributed by atoms with Crippen LogP contribution in [0.15, 0.2) is 12.1 Å². The van der Waals surface area contributed by atoms with Crippen molar-refractivity contribution in [3.8, 4) is 11.5 Å². The van der Waals surface area contributed by atoms with Crippen LogP contribution in [0.1, 0.15) is 26.2 Å². The molecule has 2 heterocycles. The fourth-order valence-electron chi connectivity index (χ4n) is 3.46. The minimum Gasteiger partial charge on any atom is -0.495 e. The zero-order chi connectivity index (χ0) is 19.9. The minimum absolute atomic E-state index is 0.122. The molecule has 0 aliphatic carbocycles. The fraction of sp³-hybridized carbons (Fsp3) is 0.600. The van der Waals surface area contributed by atoms with E-state index < -0.39 is 0 Å². The van der Waals surface area contributed by atoms with Crippen LogP contribution in [0, 0.1) is 0 Å². The van der Waals surface area contributed by atoms with Gasteiger partial charge in [-0.05, 0) is 18.6 Å². The van der Waals surface area contributed by atoms with Crippen LogP contribution in [0.5, 0.6) is 11.5 Å². The smallest absolute Gasteiger partial charge is 0.228 e. The monoisotopic (exact) mass is 408 g/mol. The number of nitrogens with one attached hydrogen (secondary N) is 1. The standard InChI is InChI=1S/C20H29N3O4S/c1-4-6-17(24)23(10-5-9-22-11-13-27-14-12-22)20-21-18-15(25-2)7-8-16(26-3)19(18)28-20/h7-8H,4-6,9-14H2,1-3H3/p+1. The molecular weight excluding hydrogens is 378 g/mol. The van der Waals surface area contributed by atoms with Gasteiger partial charge >= 0.3 is 0 Å². The third kappa shape index (κ3) is 4.74. The largest absolute Gasteiger partial charge is 0.495 e. The van der Waals surface area contributed by atoms with Crippen LogP contribution in [0.4, 0.5) is 5.13 Å². The second-order valence-corrected chi connectivity index (χ2v) is 7.88. The average molecular weight is 409 g/mol. The van der Waals surface area contributed by atoms with E-state index in [2.05, 4.69) is 0 Å². The number of ether oxygens (including phenoxy) is 3. The molecule has 1 aromatic carbocycles. The van der Waals surface area contributed by atoms with Gasteiger partial charge in [-0.25, -0.2) is 4.98 Å². The van der Waals surface area contributed by atoms with Crippen LogP contribution < -0.4 is 19.3 Å². The molecule has 1 aliphatic heterocycles. The maximum absolute atomic E-state index is 12.8. The summed E-state index contributed by atoms with van der Waals surface area (Å²) in [5, 5.41) is 0.716. The van der Waals surface area contributed by atoms with Gasteiger partial charge in [0.2, 0.25) is 5.91 Å². The summed E-state index contributed by atoms with van der Waals surface area (Å²) < 4.78 is 17.3. The van der Waals surface area contributed by atoms with Gasteiger partial charge in [-0.3, -0.25) is 9.69 Å². The molecule has 28 heavy (non-hydrogen) atoms. The van der Waals surface area contributed by atoms with E-state index in [0.29, 0.717) is 23.8 Å². The maximum Gasteiger partial charge on any atom is 0.228 e. The van der Waals surface area contributed by atoms with E-state index >= 15 is 0 Å². The van der Waals surface area contributed by atoms with E-state index in [1.54, 1.807) is 19.1 Å². The number of hydrogen-bond donors (Lipinski definition) is 1. The molecule has 1 fully saturated rings. The Hall–Kier alpha value is -1.90. The second-order valence-electron chi connectivity index (χ2n) is 6.91. The predicted molar refractivity (Wildman–Crippen MR) is 111 cm³/mol. The van der Waals surface area contributed by atoms with E-state index in [1.165, 1.54) is 11.3 Å². The Morgan fingerprint density at radius 1 is 1.25 bits per heavy atom. The van der Waals surface area contributed by atoms with Gasteiger partial charge in [-0.1, -0.05) is 18.3 Å². The summed E-state index contributed by atoms with van der Waals surface area (Å²) in [6.07, 6.45) is 2.28. The van der Waals surface area contributed by atoms with Crippen LogP contribution in [0.25, 0.3) is 10.2 Å². The highest BCUT2D eigenvalue weighted by Gasteiger charge is 2.23. The van der Waals surface area contributed by atoms with E-state index in [0.717, 1.165) is 61.7 Å². The van der Waals surface area contributed by atoms with Gasteiger partial charge in [-0.15, -0.1) is 0 Å². The van der Waals surface area contributed by atoms with Gasteiger partial charge < -0.3 is 19.1 Å². The van der Waals surface area contributed by atoms with E-state index in [9.17, 15) is 4.79 Å². The number of aromatic nitrogens is 1. The van der Waals surface area contributed by atoms with Gasteiger partial charge in [-0.2, -0.15) is 0 Å². The van der Waals surface area contributed by atoms with Crippen molar-refractivity contribution in [3.05, 3.63) is 12.1 Å². The Kier molecular flexibility index (Phi) is 7.47. The molecule has 7 nitrogen and oxygen atoms in total. The van der Waals surface area contributed by atoms with Crippen LogP contribution >= 0.6 is 11.3 Å². The number of thiazole rings is 1. The summed E-state index contributed by atoms with van der Waals surface area (Å²) in [6, 6.07) is 3.73. The van der Waals surface area contributed by atoms with Crippen molar-refractivity contribution in [1.29, 1.82) is 0 Å². The molecule has 3 rings (SSSR count). The number of nitrogens with zero attached hydrogens (tertiary/aromatic N) is 2. The minimum atomic E-state index is 0.122. The van der Waals surface area contributed by atoms with Crippen molar-refractivity contribution in [3.63, 3.8) is 0 Å². The molecule has 0 unspecified atom stereocenters. The normalized spacial score (nSPS) is 15.0. The quantitative estimate of drug-likeness (QED) is 0.685. The summed E-state index contributed by atoms with van der Waals surface area (Å²) in [5.74, 6) is 1.57. The van der Waals surface area contributed by atoms with E-state index in [-0.39, 0.29) is 5.91 Å². The Bertz CT molecular complexity index is 748. The lowest BCUT2D eigenvalue weighted by Gasteiger charge is -2.25. The molecule has 0 spiro atoms. The first-order valence-electron chi connectivity index (χ1n) is 9.91. The molecule has 1 saturated heterocycles. The summed E-state index contributed by atoms with van der Waals surface area (Å²) in [5.41, 5.74) is 0.745. The third-order valence-corrected chi connectivity index (χ3v) is 6.10. The average Bonchev–Trinajstić information content (AvgIpc) is 3.16. The Labute approximate surface area is 170 Å². The van der Waals surface area contributed by atoms with E-state index in [4.69, 9.17) is 19.2 Å². The lowest BCUT2D eigenvalue weighted by Crippen LogP contribution is -3.14. The molecular formula is C20H30N3O4S+. The second kappa shape index (κ2) is 10.0. The number of amides is 1. The van der Waals surface area contributed by atoms with Crippen LogP contribution in [0.2, 0.25) is 0 Å². The van der Waals surface area contributed by atoms with Gasteiger partial charge in [0.15, 0.2) is 5.13 Å². The molecule has 154 valence electrons. The Balaban J connectivity index is 1.81. The number of fused-ring (bicyclic) bond motifs is 1. The predicted octanol–water partition coefficient (Wildman–Crippen LogP) is 1.75. The molecule has 1 aliphatic rings. The maximum atomic E-state index is 12.8. The molecule has 0 radical (unpaired) electrons. The first kappa shape index (κ1) is 20.8. The molecule has 1 N–H and O–H groups in total. The number of quaternary nitrogens is 1. The van der Waals surface area contributed by atoms with Crippen molar-refractivity contribution in [1.82, 2.24) is 4.98 Å². The first-order chi connectivity index (χ1) is 13.7. The molecule has 0 atom stereocenters. The third-order valence-electron chi connectivity index (χ3n) is 5.01. The first-order valence-corrected chi connectivity index (χ1v) is 10.7. The van der Waals surface area contributed by atoms with Crippen molar-refractivity contribution in [2.75, 3.05) is 58.5 Å². The SMILES string of the molecule is CCCC(=O)N(CCC[NH+]1CCOCC1)c1nc2c(OC)ccc(OC)c2s1. The lowest BCUT2D eigenvalue weighted by atomic mass is 10.2. The van der Waals surface area contributed by atoms with Gasteiger partial charge in [0, 0.05) is 19.4 Å². The number of carbonyl (C=O) groups is 1. The van der Waals surface area contributed by atoms with Crippen molar-refractivity contribution < 1.29 is 23.9 Å². The van der Waals surface area contributed by atoms with Gasteiger partial charge in [0.05, 0.1) is 34.0 Å². The number of carbonyl (C=O) groups excluding carboxylic acids is 1. The van der Waals surface area contributed by atoms with E-state index in [1.807, 2.05) is 24.0 Å². The molecule has 2 aromatic rings. The van der Waals surface area contributed by atoms with Gasteiger partial charge in [0.25, 0.3) is 0 Å². The molecule has 0 bridgehead atoms. The zero-order valence-corrected chi connectivity index (χ0v) is 17.8. The molecule has 1 amide bonds. The number of rotatable bonds is 9. The fourth-order valence-corrected chi connectivity index (χ4v) is 4.58. The van der Waals surface area contributed by atoms with Crippen molar-refractivity contribution >= 4 is 32.6 Å². The molecule has 8 heteroatoms. The number of methoxy groups -OCH3 is 2. The summed E-state index contributed by atoms with van der Waals surface area (Å²) in [7, 11) is 3.27. The van der Waals surface area contributed by atoms with Crippen LogP contribution in [-0.4, -0.2) is 64.5 Å². The molecule has 0 saturated carbocycles. The summed E-state index contributed by atoms with van der Waals surface area (Å²) in [6.45, 7) is 7.47. The van der Waals surface area contributed by atoms with Crippen molar-refractivity contribution in [2.45, 2.75) is 26.2 Å². The van der Waals surface area contributed by atoms with Crippen LogP contribution in [-0.2, 0) is 9.53 Å². The zero-order valence-electron chi connectivity index (χ0n) is 17.0. The van der Waals surface area contributed by atoms with Gasteiger partial charge in [0.1, 0.15) is 34.8 Å². The number of benzene rings is 1. The lowest BCUT2D eigenvalue weighted by molar-refractivity contribution is -0.908. The summed E-state index contributed by atoms with van der Waals surface area (Å²) in [4.78, 5) is 21.0. The molecule has 1 aromatic heterocycles. The highest BCUT2D eigenvalue weighted by atomic mass is 32.1. The van der Waals surface area contributed by atoms with Crippen molar-refractivity contribution in [2.24, 2.45) is 0 Å².